The maximum absolute atomic E-state index is 11.4. The number of methoxy groups -OCH3 is 1. The molecule has 0 aromatic heterocycles. The van der Waals surface area contributed by atoms with Gasteiger partial charge in [-0.2, -0.15) is 0 Å². The van der Waals surface area contributed by atoms with E-state index in [0.717, 1.165) is 6.54 Å². The van der Waals surface area contributed by atoms with E-state index in [9.17, 15) is 4.79 Å². The number of hydrogen-bond acceptors (Lipinski definition) is 3. The molecule has 1 saturated carbocycles. The van der Waals surface area contributed by atoms with Crippen LogP contribution in [0.15, 0.2) is 0 Å². The standard InChI is InChI=1S/C11H18N2O2/c1-3-6-12-11(14)9-13(7-8-15-2)10-4-5-10/h1,10H,4-9H2,2H3,(H,12,14). The third-order valence-electron chi connectivity index (χ3n) is 2.38. The fourth-order valence-corrected chi connectivity index (χ4v) is 1.43. The summed E-state index contributed by atoms with van der Waals surface area (Å²) in [5, 5.41) is 2.66. The molecule has 0 spiro atoms. The summed E-state index contributed by atoms with van der Waals surface area (Å²) >= 11 is 0. The van der Waals surface area contributed by atoms with E-state index in [4.69, 9.17) is 11.2 Å². The number of ether oxygens (including phenoxy) is 1. The van der Waals surface area contributed by atoms with Gasteiger partial charge in [-0.1, -0.05) is 5.92 Å². The molecule has 1 rings (SSSR count). The number of terminal acetylenes is 1. The summed E-state index contributed by atoms with van der Waals surface area (Å²) in [5.74, 6) is 2.38. The maximum atomic E-state index is 11.4. The monoisotopic (exact) mass is 210 g/mol. The van der Waals surface area contributed by atoms with Gasteiger partial charge in [0.05, 0.1) is 19.7 Å². The van der Waals surface area contributed by atoms with Crippen LogP contribution in [0.5, 0.6) is 0 Å². The number of nitrogens with zero attached hydrogens (tertiary/aromatic N) is 1. The van der Waals surface area contributed by atoms with Crippen molar-refractivity contribution in [3.05, 3.63) is 0 Å². The van der Waals surface area contributed by atoms with Crippen LogP contribution in [-0.2, 0) is 9.53 Å². The molecule has 0 unspecified atom stereocenters. The van der Waals surface area contributed by atoms with Crippen LogP contribution in [0.25, 0.3) is 0 Å². The zero-order chi connectivity index (χ0) is 11.1. The molecule has 0 heterocycles. The lowest BCUT2D eigenvalue weighted by Crippen LogP contribution is -2.40. The number of hydrogen-bond donors (Lipinski definition) is 1. The second kappa shape index (κ2) is 6.44. The Labute approximate surface area is 91.0 Å². The van der Waals surface area contributed by atoms with Gasteiger partial charge in [0.25, 0.3) is 0 Å². The van der Waals surface area contributed by atoms with E-state index in [0.29, 0.717) is 25.7 Å². The van der Waals surface area contributed by atoms with Crippen molar-refractivity contribution in [1.82, 2.24) is 10.2 Å². The van der Waals surface area contributed by atoms with Crippen molar-refractivity contribution in [2.75, 3.05) is 33.4 Å². The topological polar surface area (TPSA) is 41.6 Å². The van der Waals surface area contributed by atoms with E-state index in [-0.39, 0.29) is 5.91 Å². The summed E-state index contributed by atoms with van der Waals surface area (Å²) in [5.41, 5.74) is 0. The first-order chi connectivity index (χ1) is 7.27. The van der Waals surface area contributed by atoms with Crippen LogP contribution in [0.3, 0.4) is 0 Å². The summed E-state index contributed by atoms with van der Waals surface area (Å²) in [4.78, 5) is 13.6. The summed E-state index contributed by atoms with van der Waals surface area (Å²) in [6.07, 6.45) is 7.43. The summed E-state index contributed by atoms with van der Waals surface area (Å²) in [6, 6.07) is 0.566. The molecular formula is C11H18N2O2. The SMILES string of the molecule is C#CCNC(=O)CN(CCOC)C1CC1. The molecule has 0 aliphatic heterocycles. The third-order valence-corrected chi connectivity index (χ3v) is 2.38. The molecule has 1 aliphatic carbocycles. The zero-order valence-electron chi connectivity index (χ0n) is 9.16. The molecule has 0 radical (unpaired) electrons. The first kappa shape index (κ1) is 12.0. The van der Waals surface area contributed by atoms with Crippen molar-refractivity contribution >= 4 is 5.91 Å². The van der Waals surface area contributed by atoms with Gasteiger partial charge in [-0.05, 0) is 12.8 Å². The van der Waals surface area contributed by atoms with Crippen molar-refractivity contribution in [1.29, 1.82) is 0 Å². The molecule has 1 aliphatic rings. The Morgan fingerprint density at radius 3 is 2.93 bits per heavy atom. The van der Waals surface area contributed by atoms with Crippen molar-refractivity contribution in [3.8, 4) is 12.3 Å². The van der Waals surface area contributed by atoms with Crippen molar-refractivity contribution in [2.45, 2.75) is 18.9 Å². The number of rotatable bonds is 7. The second-order valence-electron chi connectivity index (χ2n) is 3.68. The average Bonchev–Trinajstić information content (AvgIpc) is 3.04. The van der Waals surface area contributed by atoms with E-state index in [1.54, 1.807) is 7.11 Å². The molecule has 0 atom stereocenters. The largest absolute Gasteiger partial charge is 0.383 e. The number of nitrogens with one attached hydrogen (secondary N) is 1. The highest BCUT2D eigenvalue weighted by Gasteiger charge is 2.29. The predicted molar refractivity (Wildman–Crippen MR) is 58.3 cm³/mol. The first-order valence-corrected chi connectivity index (χ1v) is 5.21. The van der Waals surface area contributed by atoms with Gasteiger partial charge in [-0.15, -0.1) is 6.42 Å². The Morgan fingerprint density at radius 1 is 1.67 bits per heavy atom. The van der Waals surface area contributed by atoms with Crippen LogP contribution in [-0.4, -0.2) is 50.2 Å². The van der Waals surface area contributed by atoms with Crippen molar-refractivity contribution in [2.24, 2.45) is 0 Å². The van der Waals surface area contributed by atoms with Crippen LogP contribution < -0.4 is 5.32 Å². The summed E-state index contributed by atoms with van der Waals surface area (Å²) in [6.45, 7) is 2.21. The van der Waals surface area contributed by atoms with Crippen LogP contribution in [0.4, 0.5) is 0 Å². The minimum atomic E-state index is -0.00375. The molecule has 4 nitrogen and oxygen atoms in total. The number of carbonyl (C=O) groups excluding carboxylic acids is 1. The lowest BCUT2D eigenvalue weighted by Gasteiger charge is -2.20. The Morgan fingerprint density at radius 2 is 2.40 bits per heavy atom. The van der Waals surface area contributed by atoms with E-state index in [2.05, 4.69) is 16.1 Å². The van der Waals surface area contributed by atoms with Crippen molar-refractivity contribution in [3.63, 3.8) is 0 Å². The second-order valence-corrected chi connectivity index (χ2v) is 3.68. The molecule has 1 fully saturated rings. The average molecular weight is 210 g/mol. The van der Waals surface area contributed by atoms with Gasteiger partial charge in [0.1, 0.15) is 0 Å². The van der Waals surface area contributed by atoms with Gasteiger partial charge in [0.15, 0.2) is 0 Å². The van der Waals surface area contributed by atoms with Crippen LogP contribution in [0.2, 0.25) is 0 Å². The number of amides is 1. The van der Waals surface area contributed by atoms with E-state index < -0.39 is 0 Å². The van der Waals surface area contributed by atoms with Crippen LogP contribution >= 0.6 is 0 Å². The molecule has 0 saturated heterocycles. The summed E-state index contributed by atoms with van der Waals surface area (Å²) < 4.78 is 5.01. The third kappa shape index (κ3) is 4.82. The lowest BCUT2D eigenvalue weighted by atomic mass is 10.4. The van der Waals surface area contributed by atoms with E-state index >= 15 is 0 Å². The molecule has 1 amide bonds. The quantitative estimate of drug-likeness (QED) is 0.594. The normalized spacial score (nSPS) is 15.0. The van der Waals surface area contributed by atoms with Gasteiger partial charge in [0, 0.05) is 19.7 Å². The molecular weight excluding hydrogens is 192 g/mol. The van der Waals surface area contributed by atoms with Crippen LogP contribution in [0.1, 0.15) is 12.8 Å². The predicted octanol–water partition coefficient (Wildman–Crippen LogP) is -0.153. The van der Waals surface area contributed by atoms with E-state index in [1.165, 1.54) is 12.8 Å². The minimum absolute atomic E-state index is 0.00375. The van der Waals surface area contributed by atoms with Crippen LogP contribution in [0, 0.1) is 12.3 Å². The zero-order valence-corrected chi connectivity index (χ0v) is 9.16. The highest BCUT2D eigenvalue weighted by atomic mass is 16.5. The molecule has 0 aromatic rings. The Balaban J connectivity index is 2.24. The molecule has 15 heavy (non-hydrogen) atoms. The minimum Gasteiger partial charge on any atom is -0.383 e. The highest BCUT2D eigenvalue weighted by Crippen LogP contribution is 2.26. The smallest absolute Gasteiger partial charge is 0.234 e. The lowest BCUT2D eigenvalue weighted by molar-refractivity contribution is -0.122. The van der Waals surface area contributed by atoms with Gasteiger partial charge >= 0.3 is 0 Å². The Kier molecular flexibility index (Phi) is 5.16. The fraction of sp³-hybridized carbons (Fsp3) is 0.727. The van der Waals surface area contributed by atoms with E-state index in [1.807, 2.05) is 0 Å². The molecule has 0 bridgehead atoms. The maximum Gasteiger partial charge on any atom is 0.234 e. The van der Waals surface area contributed by atoms with Gasteiger partial charge in [-0.3, -0.25) is 9.69 Å². The summed E-state index contributed by atoms with van der Waals surface area (Å²) in [7, 11) is 1.67. The first-order valence-electron chi connectivity index (χ1n) is 5.21. The molecule has 4 heteroatoms. The highest BCUT2D eigenvalue weighted by molar-refractivity contribution is 5.78. The number of carbonyl (C=O) groups is 1. The molecule has 84 valence electrons. The molecule has 0 aromatic carbocycles. The van der Waals surface area contributed by atoms with Gasteiger partial charge in [-0.25, -0.2) is 0 Å². The van der Waals surface area contributed by atoms with Gasteiger partial charge in [0.2, 0.25) is 5.91 Å². The Bertz CT molecular complexity index is 243. The molecule has 1 N–H and O–H groups in total. The van der Waals surface area contributed by atoms with Gasteiger partial charge < -0.3 is 10.1 Å². The fourth-order valence-electron chi connectivity index (χ4n) is 1.43. The Hall–Kier alpha value is -1.05. The van der Waals surface area contributed by atoms with Crippen molar-refractivity contribution < 1.29 is 9.53 Å².